The van der Waals surface area contributed by atoms with E-state index in [2.05, 4.69) is 18.7 Å². The number of likely N-dealkylation sites (tertiary alicyclic amines) is 1. The van der Waals surface area contributed by atoms with Crippen molar-refractivity contribution in [1.82, 2.24) is 4.90 Å². The maximum absolute atomic E-state index is 13.9. The van der Waals surface area contributed by atoms with E-state index in [0.29, 0.717) is 23.9 Å². The number of piperidine rings is 1. The molecule has 1 aromatic rings. The molecule has 3 unspecified atom stereocenters. The fourth-order valence-electron chi connectivity index (χ4n) is 3.22. The Morgan fingerprint density at radius 3 is 2.47 bits per heavy atom. The van der Waals surface area contributed by atoms with Crippen LogP contribution in [0.15, 0.2) is 18.2 Å². The summed E-state index contributed by atoms with van der Waals surface area (Å²) in [4.78, 5) is 2.19. The Morgan fingerprint density at radius 2 is 1.89 bits per heavy atom. The van der Waals surface area contributed by atoms with Crippen molar-refractivity contribution in [3.63, 3.8) is 0 Å². The van der Waals surface area contributed by atoms with E-state index in [1.165, 1.54) is 6.42 Å². The Balaban J connectivity index is 2.26. The van der Waals surface area contributed by atoms with Crippen LogP contribution in [0.3, 0.4) is 0 Å². The predicted molar refractivity (Wildman–Crippen MR) is 72.7 cm³/mol. The summed E-state index contributed by atoms with van der Waals surface area (Å²) >= 11 is 0. The summed E-state index contributed by atoms with van der Waals surface area (Å²) in [7, 11) is 0. The van der Waals surface area contributed by atoms with E-state index in [4.69, 9.17) is 5.73 Å². The van der Waals surface area contributed by atoms with Gasteiger partial charge in [0.15, 0.2) is 11.6 Å². The van der Waals surface area contributed by atoms with Crippen LogP contribution in [-0.4, -0.2) is 24.5 Å². The zero-order valence-corrected chi connectivity index (χ0v) is 11.6. The van der Waals surface area contributed by atoms with Gasteiger partial charge in [-0.2, -0.15) is 0 Å². The quantitative estimate of drug-likeness (QED) is 0.913. The molecule has 3 atom stereocenters. The van der Waals surface area contributed by atoms with Crippen molar-refractivity contribution in [3.8, 4) is 0 Å². The second-order valence-electron chi connectivity index (χ2n) is 5.79. The Bertz CT molecular complexity index is 426. The fourth-order valence-corrected chi connectivity index (χ4v) is 3.22. The highest BCUT2D eigenvalue weighted by Crippen LogP contribution is 2.30. The molecular formula is C15H22F2N2. The van der Waals surface area contributed by atoms with Gasteiger partial charge in [0.25, 0.3) is 0 Å². The van der Waals surface area contributed by atoms with E-state index in [1.54, 1.807) is 12.1 Å². The summed E-state index contributed by atoms with van der Waals surface area (Å²) in [6, 6.07) is 4.10. The number of rotatable bonds is 3. The van der Waals surface area contributed by atoms with Gasteiger partial charge in [-0.3, -0.25) is 4.90 Å². The standard InChI is InChI=1S/C15H22F2N2/c1-10-6-11(2)9-19(8-10)14(7-18)12-4-3-5-13(16)15(12)17/h3-5,10-11,14H,6-9,18H2,1-2H3. The van der Waals surface area contributed by atoms with E-state index < -0.39 is 11.6 Å². The molecule has 106 valence electrons. The molecule has 0 bridgehead atoms. The number of hydrogen-bond acceptors (Lipinski definition) is 2. The van der Waals surface area contributed by atoms with Crippen LogP contribution >= 0.6 is 0 Å². The summed E-state index contributed by atoms with van der Waals surface area (Å²) in [6.07, 6.45) is 1.18. The first-order valence-electron chi connectivity index (χ1n) is 6.91. The van der Waals surface area contributed by atoms with E-state index >= 15 is 0 Å². The zero-order valence-electron chi connectivity index (χ0n) is 11.6. The largest absolute Gasteiger partial charge is 0.329 e. The van der Waals surface area contributed by atoms with Gasteiger partial charge in [-0.05, 0) is 24.3 Å². The van der Waals surface area contributed by atoms with E-state index in [9.17, 15) is 8.78 Å². The molecule has 1 aromatic carbocycles. The summed E-state index contributed by atoms with van der Waals surface area (Å²) < 4.78 is 27.3. The maximum Gasteiger partial charge on any atom is 0.163 e. The molecule has 1 saturated heterocycles. The van der Waals surface area contributed by atoms with Gasteiger partial charge in [0, 0.05) is 25.2 Å². The normalized spacial score (nSPS) is 26.4. The molecule has 1 aliphatic heterocycles. The maximum atomic E-state index is 13.9. The summed E-state index contributed by atoms with van der Waals surface area (Å²) in [5.41, 5.74) is 6.19. The first-order chi connectivity index (χ1) is 9.02. The smallest absolute Gasteiger partial charge is 0.163 e. The molecule has 0 saturated carbocycles. The number of nitrogens with zero attached hydrogens (tertiary/aromatic N) is 1. The average Bonchev–Trinajstić information content (AvgIpc) is 2.34. The molecule has 0 spiro atoms. The first kappa shape index (κ1) is 14.4. The van der Waals surface area contributed by atoms with Crippen LogP contribution in [0.25, 0.3) is 0 Å². The highest BCUT2D eigenvalue weighted by atomic mass is 19.2. The predicted octanol–water partition coefficient (Wildman–Crippen LogP) is 2.94. The van der Waals surface area contributed by atoms with Gasteiger partial charge in [0.1, 0.15) is 0 Å². The Morgan fingerprint density at radius 1 is 1.26 bits per heavy atom. The van der Waals surface area contributed by atoms with E-state index in [0.717, 1.165) is 19.2 Å². The van der Waals surface area contributed by atoms with Gasteiger partial charge in [-0.25, -0.2) is 8.78 Å². The van der Waals surface area contributed by atoms with Gasteiger partial charge in [0.05, 0.1) is 6.04 Å². The second kappa shape index (κ2) is 5.97. The lowest BCUT2D eigenvalue weighted by molar-refractivity contribution is 0.0963. The molecule has 0 aliphatic carbocycles. The van der Waals surface area contributed by atoms with E-state index in [-0.39, 0.29) is 6.04 Å². The number of nitrogens with two attached hydrogens (primary N) is 1. The molecule has 0 radical (unpaired) electrons. The molecule has 2 nitrogen and oxygen atoms in total. The lowest BCUT2D eigenvalue weighted by Gasteiger charge is -2.40. The average molecular weight is 268 g/mol. The summed E-state index contributed by atoms with van der Waals surface area (Å²) in [6.45, 7) is 6.47. The van der Waals surface area contributed by atoms with Crippen molar-refractivity contribution in [2.45, 2.75) is 26.3 Å². The van der Waals surface area contributed by atoms with Gasteiger partial charge in [0.2, 0.25) is 0 Å². The Labute approximate surface area is 113 Å². The molecule has 1 fully saturated rings. The minimum absolute atomic E-state index is 0.235. The fraction of sp³-hybridized carbons (Fsp3) is 0.600. The lowest BCUT2D eigenvalue weighted by Crippen LogP contribution is -2.43. The molecule has 1 aliphatic rings. The minimum atomic E-state index is -0.797. The van der Waals surface area contributed by atoms with Crippen LogP contribution in [0, 0.1) is 23.5 Å². The SMILES string of the molecule is CC1CC(C)CN(C(CN)c2cccc(F)c2F)C1. The topological polar surface area (TPSA) is 29.3 Å². The van der Waals surface area contributed by atoms with Crippen molar-refractivity contribution in [2.24, 2.45) is 17.6 Å². The van der Waals surface area contributed by atoms with Gasteiger partial charge in [-0.15, -0.1) is 0 Å². The van der Waals surface area contributed by atoms with Crippen LogP contribution in [0.1, 0.15) is 31.9 Å². The van der Waals surface area contributed by atoms with Gasteiger partial charge >= 0.3 is 0 Å². The molecule has 19 heavy (non-hydrogen) atoms. The second-order valence-corrected chi connectivity index (χ2v) is 5.79. The van der Waals surface area contributed by atoms with E-state index in [1.807, 2.05) is 0 Å². The summed E-state index contributed by atoms with van der Waals surface area (Å²) in [5, 5.41) is 0. The molecule has 1 heterocycles. The molecule has 0 aromatic heterocycles. The monoisotopic (exact) mass is 268 g/mol. The summed E-state index contributed by atoms with van der Waals surface area (Å²) in [5.74, 6) is -0.429. The number of hydrogen-bond donors (Lipinski definition) is 1. The van der Waals surface area contributed by atoms with Gasteiger partial charge in [-0.1, -0.05) is 26.0 Å². The first-order valence-corrected chi connectivity index (χ1v) is 6.91. The molecule has 2 rings (SSSR count). The minimum Gasteiger partial charge on any atom is -0.329 e. The molecular weight excluding hydrogens is 246 g/mol. The third kappa shape index (κ3) is 3.12. The third-order valence-electron chi connectivity index (χ3n) is 3.90. The van der Waals surface area contributed by atoms with Crippen molar-refractivity contribution in [1.29, 1.82) is 0 Å². The molecule has 2 N–H and O–H groups in total. The van der Waals surface area contributed by atoms with Crippen molar-refractivity contribution in [3.05, 3.63) is 35.4 Å². The van der Waals surface area contributed by atoms with Crippen LogP contribution < -0.4 is 5.73 Å². The van der Waals surface area contributed by atoms with Crippen molar-refractivity contribution >= 4 is 0 Å². The van der Waals surface area contributed by atoms with Crippen LogP contribution in [-0.2, 0) is 0 Å². The molecule has 0 amide bonds. The Kier molecular flexibility index (Phi) is 4.53. The lowest BCUT2D eigenvalue weighted by atomic mass is 9.89. The van der Waals surface area contributed by atoms with Crippen molar-refractivity contribution < 1.29 is 8.78 Å². The number of halogens is 2. The highest BCUT2D eigenvalue weighted by Gasteiger charge is 2.29. The van der Waals surface area contributed by atoms with Crippen LogP contribution in [0.2, 0.25) is 0 Å². The van der Waals surface area contributed by atoms with Gasteiger partial charge < -0.3 is 5.73 Å². The zero-order chi connectivity index (χ0) is 14.0. The Hall–Kier alpha value is -1.00. The van der Waals surface area contributed by atoms with Crippen molar-refractivity contribution in [2.75, 3.05) is 19.6 Å². The van der Waals surface area contributed by atoms with Crippen LogP contribution in [0.5, 0.6) is 0 Å². The molecule has 4 heteroatoms. The third-order valence-corrected chi connectivity index (χ3v) is 3.90. The van der Waals surface area contributed by atoms with Crippen LogP contribution in [0.4, 0.5) is 8.78 Å². The number of benzene rings is 1. The highest BCUT2D eigenvalue weighted by molar-refractivity contribution is 5.23.